The summed E-state index contributed by atoms with van der Waals surface area (Å²) in [5, 5.41) is 17.8. The summed E-state index contributed by atoms with van der Waals surface area (Å²) in [5.74, 6) is 1.20. The normalized spacial score (nSPS) is 11.9. The number of ether oxygens (including phenoxy) is 4. The van der Waals surface area contributed by atoms with Crippen molar-refractivity contribution in [3.8, 4) is 11.5 Å². The molecule has 0 saturated heterocycles. The van der Waals surface area contributed by atoms with Gasteiger partial charge in [0.25, 0.3) is 0 Å². The fourth-order valence-electron chi connectivity index (χ4n) is 2.59. The topological polar surface area (TPSA) is 94.5 Å². The molecule has 0 saturated carbocycles. The summed E-state index contributed by atoms with van der Waals surface area (Å²) in [6, 6.07) is 3.88. The number of carbonyl (C=O) groups is 1. The maximum Gasteiger partial charge on any atom is 0.305 e. The number of rotatable bonds is 13. The summed E-state index contributed by atoms with van der Waals surface area (Å²) in [5.41, 5.74) is 1.97. The van der Waals surface area contributed by atoms with Crippen molar-refractivity contribution in [2.45, 2.75) is 45.3 Å². The molecule has 0 spiro atoms. The molecule has 0 bridgehead atoms. The van der Waals surface area contributed by atoms with Crippen molar-refractivity contribution in [2.75, 3.05) is 34.0 Å². The Labute approximate surface area is 154 Å². The number of benzene rings is 1. The molecule has 0 aromatic heterocycles. The molecular weight excluding hydrogens is 340 g/mol. The Bertz CT molecular complexity index is 543. The first-order chi connectivity index (χ1) is 12.5. The Morgan fingerprint density at radius 2 is 1.62 bits per heavy atom. The highest BCUT2D eigenvalue weighted by atomic mass is 16.6. The lowest BCUT2D eigenvalue weighted by molar-refractivity contribution is -0.144. The third kappa shape index (κ3) is 8.03. The molecule has 0 aliphatic heterocycles. The molecule has 1 aromatic carbocycles. The minimum atomic E-state index is -0.766. The van der Waals surface area contributed by atoms with E-state index in [2.05, 4.69) is 0 Å². The van der Waals surface area contributed by atoms with Gasteiger partial charge in [0, 0.05) is 6.42 Å². The lowest BCUT2D eigenvalue weighted by atomic mass is 10.0. The molecule has 0 aliphatic rings. The summed E-state index contributed by atoms with van der Waals surface area (Å²) in [6.07, 6.45) is 2.27. The highest BCUT2D eigenvalue weighted by molar-refractivity contribution is 5.69. The van der Waals surface area contributed by atoms with Crippen molar-refractivity contribution in [2.24, 2.45) is 0 Å². The van der Waals surface area contributed by atoms with E-state index in [9.17, 15) is 4.79 Å². The molecule has 7 heteroatoms. The Kier molecular flexibility index (Phi) is 10.7. The number of carbonyl (C=O) groups excluding carboxylic acids is 1. The summed E-state index contributed by atoms with van der Waals surface area (Å²) in [6.45, 7) is 1.91. The minimum absolute atomic E-state index is 0.0312. The van der Waals surface area contributed by atoms with E-state index in [4.69, 9.17) is 29.2 Å². The summed E-state index contributed by atoms with van der Waals surface area (Å²) in [4.78, 5) is 11.5. The van der Waals surface area contributed by atoms with E-state index < -0.39 is 6.29 Å². The van der Waals surface area contributed by atoms with Gasteiger partial charge in [0.1, 0.15) is 18.1 Å². The molecule has 0 amide bonds. The number of aliphatic hydroxyl groups is 2. The van der Waals surface area contributed by atoms with Crippen molar-refractivity contribution in [3.63, 3.8) is 0 Å². The first-order valence-electron chi connectivity index (χ1n) is 8.81. The molecule has 0 aliphatic carbocycles. The zero-order valence-corrected chi connectivity index (χ0v) is 15.8. The van der Waals surface area contributed by atoms with Crippen molar-refractivity contribution in [1.29, 1.82) is 0 Å². The predicted octanol–water partition coefficient (Wildman–Crippen LogP) is 1.85. The quantitative estimate of drug-likeness (QED) is 0.311. The highest BCUT2D eigenvalue weighted by Gasteiger charge is 2.12. The zero-order chi connectivity index (χ0) is 19.4. The van der Waals surface area contributed by atoms with Crippen LogP contribution in [0.1, 0.15) is 37.3 Å². The van der Waals surface area contributed by atoms with Crippen molar-refractivity contribution in [1.82, 2.24) is 0 Å². The molecule has 148 valence electrons. The van der Waals surface area contributed by atoms with Gasteiger partial charge in [-0.05, 0) is 55.9 Å². The van der Waals surface area contributed by atoms with E-state index in [1.807, 2.05) is 12.1 Å². The first kappa shape index (κ1) is 22.2. The van der Waals surface area contributed by atoms with Crippen LogP contribution in [-0.2, 0) is 27.1 Å². The van der Waals surface area contributed by atoms with Crippen LogP contribution in [0, 0.1) is 0 Å². The second kappa shape index (κ2) is 12.5. The van der Waals surface area contributed by atoms with E-state index in [0.29, 0.717) is 19.4 Å². The van der Waals surface area contributed by atoms with Gasteiger partial charge >= 0.3 is 5.97 Å². The number of hydrogen-bond acceptors (Lipinski definition) is 7. The third-order valence-electron chi connectivity index (χ3n) is 3.81. The monoisotopic (exact) mass is 370 g/mol. The smallest absolute Gasteiger partial charge is 0.305 e. The first-order valence-corrected chi connectivity index (χ1v) is 8.81. The number of hydrogen-bond donors (Lipinski definition) is 2. The van der Waals surface area contributed by atoms with E-state index in [1.54, 1.807) is 21.1 Å². The number of esters is 1. The van der Waals surface area contributed by atoms with Gasteiger partial charge in [-0.3, -0.25) is 4.79 Å². The van der Waals surface area contributed by atoms with Crippen LogP contribution in [0.4, 0.5) is 0 Å². The molecule has 1 atom stereocenters. The molecule has 0 radical (unpaired) electrons. The largest absolute Gasteiger partial charge is 0.496 e. The van der Waals surface area contributed by atoms with Gasteiger partial charge < -0.3 is 29.2 Å². The Morgan fingerprint density at radius 3 is 2.12 bits per heavy atom. The molecule has 2 N–H and O–H groups in total. The standard InChI is InChI=1S/C19H30O7/c1-14(21)25-10-5-7-16-13-17(23-2)15(12-18(16)24-3)6-4-8-19(22)26-11-9-20/h12-14,20-21H,4-11H2,1-3H3. The van der Waals surface area contributed by atoms with Crippen LogP contribution in [0.2, 0.25) is 0 Å². The van der Waals surface area contributed by atoms with Gasteiger partial charge in [-0.25, -0.2) is 0 Å². The summed E-state index contributed by atoms with van der Waals surface area (Å²) < 4.78 is 20.9. The van der Waals surface area contributed by atoms with Crippen LogP contribution in [0.3, 0.4) is 0 Å². The van der Waals surface area contributed by atoms with E-state index in [0.717, 1.165) is 35.5 Å². The van der Waals surface area contributed by atoms with Gasteiger partial charge in [-0.2, -0.15) is 0 Å². The summed E-state index contributed by atoms with van der Waals surface area (Å²) >= 11 is 0. The molecule has 1 unspecified atom stereocenters. The van der Waals surface area contributed by atoms with Crippen LogP contribution in [0.25, 0.3) is 0 Å². The molecular formula is C19H30O7. The number of aryl methyl sites for hydroxylation is 2. The van der Waals surface area contributed by atoms with Crippen LogP contribution in [0.15, 0.2) is 12.1 Å². The average Bonchev–Trinajstić information content (AvgIpc) is 2.63. The highest BCUT2D eigenvalue weighted by Crippen LogP contribution is 2.31. The van der Waals surface area contributed by atoms with Crippen molar-refractivity contribution < 1.29 is 34.0 Å². The maximum absolute atomic E-state index is 11.5. The Balaban J connectivity index is 2.67. The average molecular weight is 370 g/mol. The Morgan fingerprint density at radius 1 is 1.04 bits per heavy atom. The van der Waals surface area contributed by atoms with Gasteiger partial charge in [0.05, 0.1) is 27.4 Å². The second-order valence-corrected chi connectivity index (χ2v) is 5.85. The number of methoxy groups -OCH3 is 2. The van der Waals surface area contributed by atoms with E-state index >= 15 is 0 Å². The van der Waals surface area contributed by atoms with Gasteiger partial charge in [-0.1, -0.05) is 0 Å². The van der Waals surface area contributed by atoms with Crippen molar-refractivity contribution in [3.05, 3.63) is 23.3 Å². The van der Waals surface area contributed by atoms with Gasteiger partial charge in [-0.15, -0.1) is 0 Å². The molecule has 1 aromatic rings. The summed E-state index contributed by atoms with van der Waals surface area (Å²) in [7, 11) is 3.23. The van der Waals surface area contributed by atoms with E-state index in [-0.39, 0.29) is 25.6 Å². The van der Waals surface area contributed by atoms with Crippen LogP contribution >= 0.6 is 0 Å². The molecule has 1 rings (SSSR count). The zero-order valence-electron chi connectivity index (χ0n) is 15.8. The third-order valence-corrected chi connectivity index (χ3v) is 3.81. The Hall–Kier alpha value is -1.83. The van der Waals surface area contributed by atoms with Crippen LogP contribution < -0.4 is 9.47 Å². The van der Waals surface area contributed by atoms with Gasteiger partial charge in [0.15, 0.2) is 6.29 Å². The fraction of sp³-hybridized carbons (Fsp3) is 0.632. The molecule has 26 heavy (non-hydrogen) atoms. The number of aliphatic hydroxyl groups excluding tert-OH is 2. The molecule has 0 fully saturated rings. The van der Waals surface area contributed by atoms with E-state index in [1.165, 1.54) is 0 Å². The van der Waals surface area contributed by atoms with Crippen LogP contribution in [0.5, 0.6) is 11.5 Å². The molecule has 7 nitrogen and oxygen atoms in total. The maximum atomic E-state index is 11.5. The van der Waals surface area contributed by atoms with Crippen molar-refractivity contribution >= 4 is 5.97 Å². The van der Waals surface area contributed by atoms with Gasteiger partial charge in [0.2, 0.25) is 0 Å². The lowest BCUT2D eigenvalue weighted by Gasteiger charge is -2.15. The lowest BCUT2D eigenvalue weighted by Crippen LogP contribution is -2.09. The predicted molar refractivity (Wildman–Crippen MR) is 96.5 cm³/mol. The van der Waals surface area contributed by atoms with Crippen LogP contribution in [-0.4, -0.2) is 56.5 Å². The molecule has 0 heterocycles. The minimum Gasteiger partial charge on any atom is -0.496 e. The SMILES string of the molecule is COc1cc(CCCC(=O)OCCO)c(OC)cc1CCCOC(C)O. The fourth-order valence-corrected chi connectivity index (χ4v) is 2.59. The second-order valence-electron chi connectivity index (χ2n) is 5.85.